The van der Waals surface area contributed by atoms with Crippen molar-refractivity contribution in [2.75, 3.05) is 18.0 Å². The first kappa shape index (κ1) is 14.7. The van der Waals surface area contributed by atoms with E-state index in [0.717, 1.165) is 18.9 Å². The van der Waals surface area contributed by atoms with Crippen LogP contribution in [0.5, 0.6) is 0 Å². The molecule has 0 bridgehead atoms. The molecule has 0 aromatic heterocycles. The second-order valence-corrected chi connectivity index (χ2v) is 6.24. The number of sulfonamides is 1. The summed E-state index contributed by atoms with van der Waals surface area (Å²) in [5.74, 6) is 0. The third kappa shape index (κ3) is 2.74. The van der Waals surface area contributed by atoms with Crippen molar-refractivity contribution in [2.45, 2.75) is 23.8 Å². The summed E-state index contributed by atoms with van der Waals surface area (Å²) in [6, 6.07) is 3.74. The highest BCUT2D eigenvalue weighted by molar-refractivity contribution is 7.89. The van der Waals surface area contributed by atoms with Gasteiger partial charge in [0.25, 0.3) is 5.69 Å². The van der Waals surface area contributed by atoms with E-state index in [0.29, 0.717) is 18.8 Å². The van der Waals surface area contributed by atoms with E-state index in [2.05, 4.69) is 0 Å². The van der Waals surface area contributed by atoms with E-state index in [1.807, 2.05) is 4.90 Å². The predicted octanol–water partition coefficient (Wildman–Crippen LogP) is 0.170. The van der Waals surface area contributed by atoms with Gasteiger partial charge in [-0.05, 0) is 25.0 Å². The first-order valence-electron chi connectivity index (χ1n) is 6.12. The van der Waals surface area contributed by atoms with E-state index in [9.17, 15) is 18.5 Å². The maximum Gasteiger partial charge on any atom is 0.293 e. The molecular weight excluding hydrogens is 284 g/mol. The highest BCUT2D eigenvalue weighted by Gasteiger charge is 2.29. The molecule has 0 radical (unpaired) electrons. The van der Waals surface area contributed by atoms with Gasteiger partial charge in [0, 0.05) is 25.2 Å². The molecule has 1 heterocycles. The predicted molar refractivity (Wildman–Crippen MR) is 73.9 cm³/mol. The summed E-state index contributed by atoms with van der Waals surface area (Å²) in [5, 5.41) is 16.2. The van der Waals surface area contributed by atoms with Gasteiger partial charge in [-0.25, -0.2) is 13.6 Å². The Kier molecular flexibility index (Phi) is 3.93. The SMILES string of the molecule is NCC1CCCN1c1ccc(S(N)(=O)=O)cc1[N+](=O)[O-]. The highest BCUT2D eigenvalue weighted by Crippen LogP contribution is 2.34. The third-order valence-corrected chi connectivity index (χ3v) is 4.34. The van der Waals surface area contributed by atoms with Crippen LogP contribution in [0.25, 0.3) is 0 Å². The van der Waals surface area contributed by atoms with Crippen LogP contribution in [0.2, 0.25) is 0 Å². The number of primary sulfonamides is 1. The van der Waals surface area contributed by atoms with Gasteiger partial charge >= 0.3 is 0 Å². The van der Waals surface area contributed by atoms with Gasteiger partial charge < -0.3 is 10.6 Å². The summed E-state index contributed by atoms with van der Waals surface area (Å²) in [6.07, 6.45) is 1.76. The van der Waals surface area contributed by atoms with Gasteiger partial charge in [0.15, 0.2) is 0 Å². The molecule has 0 amide bonds. The molecule has 2 rings (SSSR count). The van der Waals surface area contributed by atoms with E-state index >= 15 is 0 Å². The molecule has 0 aliphatic carbocycles. The van der Waals surface area contributed by atoms with Gasteiger partial charge in [-0.3, -0.25) is 10.1 Å². The quantitative estimate of drug-likeness (QED) is 0.601. The lowest BCUT2D eigenvalue weighted by molar-refractivity contribution is -0.384. The topological polar surface area (TPSA) is 133 Å². The molecule has 4 N–H and O–H groups in total. The Balaban J connectivity index is 2.51. The Morgan fingerprint density at radius 1 is 1.45 bits per heavy atom. The smallest absolute Gasteiger partial charge is 0.293 e. The summed E-state index contributed by atoms with van der Waals surface area (Å²) in [6.45, 7) is 1.06. The molecule has 1 fully saturated rings. The first-order chi connectivity index (χ1) is 9.34. The number of nitrogens with zero attached hydrogens (tertiary/aromatic N) is 2. The number of hydrogen-bond donors (Lipinski definition) is 2. The summed E-state index contributed by atoms with van der Waals surface area (Å²) in [7, 11) is -3.97. The fourth-order valence-electron chi connectivity index (χ4n) is 2.47. The molecule has 1 aliphatic heterocycles. The zero-order valence-corrected chi connectivity index (χ0v) is 11.5. The summed E-state index contributed by atoms with van der Waals surface area (Å²) >= 11 is 0. The van der Waals surface area contributed by atoms with Crippen LogP contribution in [0, 0.1) is 10.1 Å². The highest BCUT2D eigenvalue weighted by atomic mass is 32.2. The van der Waals surface area contributed by atoms with Crippen molar-refractivity contribution in [1.29, 1.82) is 0 Å². The van der Waals surface area contributed by atoms with Crippen LogP contribution in [-0.2, 0) is 10.0 Å². The normalized spacial score (nSPS) is 19.3. The van der Waals surface area contributed by atoms with Gasteiger partial charge in [0.1, 0.15) is 5.69 Å². The van der Waals surface area contributed by atoms with E-state index in [4.69, 9.17) is 10.9 Å². The van der Waals surface area contributed by atoms with Crippen molar-refractivity contribution in [3.05, 3.63) is 28.3 Å². The fraction of sp³-hybridized carbons (Fsp3) is 0.455. The first-order valence-corrected chi connectivity index (χ1v) is 7.67. The Hall–Kier alpha value is -1.71. The summed E-state index contributed by atoms with van der Waals surface area (Å²) < 4.78 is 22.6. The molecule has 0 saturated carbocycles. The second-order valence-electron chi connectivity index (χ2n) is 4.68. The molecular formula is C11H16N4O4S. The molecule has 1 aromatic carbocycles. The van der Waals surface area contributed by atoms with E-state index in [1.54, 1.807) is 0 Å². The van der Waals surface area contributed by atoms with Gasteiger partial charge in [-0.1, -0.05) is 0 Å². The van der Waals surface area contributed by atoms with Gasteiger partial charge in [0.2, 0.25) is 10.0 Å². The lowest BCUT2D eigenvalue weighted by Gasteiger charge is -2.25. The monoisotopic (exact) mass is 300 g/mol. The zero-order chi connectivity index (χ0) is 14.9. The number of nitro groups is 1. The molecule has 110 valence electrons. The van der Waals surface area contributed by atoms with E-state index in [1.165, 1.54) is 12.1 Å². The number of nitro benzene ring substituents is 1. The summed E-state index contributed by atoms with van der Waals surface area (Å²) in [5.41, 5.74) is 5.78. The minimum absolute atomic E-state index is 0.0361. The number of hydrogen-bond acceptors (Lipinski definition) is 6. The van der Waals surface area contributed by atoms with Gasteiger partial charge in [-0.2, -0.15) is 0 Å². The standard InChI is InChI=1S/C11H16N4O4S/c12-7-8-2-1-5-14(8)10-4-3-9(20(13,18)19)6-11(10)15(16)17/h3-4,6,8H,1-2,5,7,12H2,(H2,13,18,19). The molecule has 1 unspecified atom stereocenters. The van der Waals surface area contributed by atoms with Crippen LogP contribution in [0.3, 0.4) is 0 Å². The Bertz CT molecular complexity index is 631. The molecule has 0 spiro atoms. The Morgan fingerprint density at radius 3 is 2.70 bits per heavy atom. The number of nitrogens with two attached hydrogens (primary N) is 2. The van der Waals surface area contributed by atoms with Crippen molar-refractivity contribution in [1.82, 2.24) is 0 Å². The molecule has 1 atom stereocenters. The van der Waals surface area contributed by atoms with Crippen molar-refractivity contribution in [3.8, 4) is 0 Å². The van der Waals surface area contributed by atoms with Gasteiger partial charge in [-0.15, -0.1) is 0 Å². The van der Waals surface area contributed by atoms with Crippen LogP contribution >= 0.6 is 0 Å². The van der Waals surface area contributed by atoms with Crippen molar-refractivity contribution < 1.29 is 13.3 Å². The summed E-state index contributed by atoms with van der Waals surface area (Å²) in [4.78, 5) is 12.1. The van der Waals surface area contributed by atoms with E-state index in [-0.39, 0.29) is 16.6 Å². The second kappa shape index (κ2) is 5.35. The third-order valence-electron chi connectivity index (χ3n) is 3.43. The molecule has 9 heteroatoms. The number of rotatable bonds is 4. The fourth-order valence-corrected chi connectivity index (χ4v) is 3.00. The lowest BCUT2D eigenvalue weighted by atomic mass is 10.2. The molecule has 1 aliphatic rings. The van der Waals surface area contributed by atoms with Crippen molar-refractivity contribution >= 4 is 21.4 Å². The minimum Gasteiger partial charge on any atom is -0.362 e. The average Bonchev–Trinajstić information content (AvgIpc) is 2.84. The average molecular weight is 300 g/mol. The Labute approximate surface area is 116 Å². The molecule has 8 nitrogen and oxygen atoms in total. The van der Waals surface area contributed by atoms with Gasteiger partial charge in [0.05, 0.1) is 9.82 Å². The van der Waals surface area contributed by atoms with E-state index < -0.39 is 14.9 Å². The van der Waals surface area contributed by atoms with Crippen LogP contribution < -0.4 is 15.8 Å². The maximum absolute atomic E-state index is 11.3. The Morgan fingerprint density at radius 2 is 2.15 bits per heavy atom. The molecule has 1 saturated heterocycles. The van der Waals surface area contributed by atoms with Crippen molar-refractivity contribution in [3.63, 3.8) is 0 Å². The number of anilines is 1. The largest absolute Gasteiger partial charge is 0.362 e. The zero-order valence-electron chi connectivity index (χ0n) is 10.7. The number of benzene rings is 1. The van der Waals surface area contributed by atoms with Crippen LogP contribution in [0.1, 0.15) is 12.8 Å². The van der Waals surface area contributed by atoms with Crippen LogP contribution in [-0.4, -0.2) is 32.5 Å². The maximum atomic E-state index is 11.3. The molecule has 20 heavy (non-hydrogen) atoms. The molecule has 1 aromatic rings. The van der Waals surface area contributed by atoms with Crippen molar-refractivity contribution in [2.24, 2.45) is 10.9 Å². The minimum atomic E-state index is -3.97. The van der Waals surface area contributed by atoms with Crippen LogP contribution in [0.15, 0.2) is 23.1 Å². The lowest BCUT2D eigenvalue weighted by Crippen LogP contribution is -2.35. The van der Waals surface area contributed by atoms with Crippen LogP contribution in [0.4, 0.5) is 11.4 Å².